The third kappa shape index (κ3) is 8.08. The molecule has 1 N–H and O–H groups in total. The molecule has 0 radical (unpaired) electrons. The predicted octanol–water partition coefficient (Wildman–Crippen LogP) is 7.06. The summed E-state index contributed by atoms with van der Waals surface area (Å²) in [5.74, 6) is -0.422. The van der Waals surface area contributed by atoms with Gasteiger partial charge in [0.05, 0.1) is 36.7 Å². The first kappa shape index (κ1) is 32.2. The first-order chi connectivity index (χ1) is 21.5. The van der Waals surface area contributed by atoms with E-state index in [1.165, 1.54) is 12.1 Å². The van der Waals surface area contributed by atoms with Crippen LogP contribution in [0.2, 0.25) is 0 Å². The quantitative estimate of drug-likeness (QED) is 0.183. The number of pyridine rings is 1. The molecule has 1 fully saturated rings. The van der Waals surface area contributed by atoms with Crippen LogP contribution in [0.3, 0.4) is 0 Å². The number of aryl methyl sites for hydroxylation is 3. The molecule has 0 amide bonds. The summed E-state index contributed by atoms with van der Waals surface area (Å²) in [7, 11) is 0. The Bertz CT molecular complexity index is 1620. The molecule has 0 unspecified atom stereocenters. The number of carbonyl (C=O) groups is 1. The fraction of sp³-hybridized carbons (Fsp3) is 0.417. The van der Waals surface area contributed by atoms with Gasteiger partial charge in [-0.25, -0.2) is 9.07 Å². The molecule has 1 aliphatic rings. The Kier molecular flexibility index (Phi) is 9.87. The van der Waals surface area contributed by atoms with E-state index in [2.05, 4.69) is 23.8 Å². The molecule has 5 rings (SSSR count). The van der Waals surface area contributed by atoms with Crippen LogP contribution in [-0.2, 0) is 35.7 Å². The molecular formula is C36H43FN4O4. The number of aromatic nitrogens is 3. The van der Waals surface area contributed by atoms with Gasteiger partial charge in [0.25, 0.3) is 0 Å². The van der Waals surface area contributed by atoms with Gasteiger partial charge in [-0.05, 0) is 80.5 Å². The van der Waals surface area contributed by atoms with Gasteiger partial charge in [0, 0.05) is 42.0 Å². The molecule has 8 nitrogen and oxygen atoms in total. The smallest absolute Gasteiger partial charge is 0.307 e. The summed E-state index contributed by atoms with van der Waals surface area (Å²) in [5.41, 5.74) is 8.11. The lowest BCUT2D eigenvalue weighted by Gasteiger charge is -2.40. The van der Waals surface area contributed by atoms with E-state index in [0.717, 1.165) is 76.7 Å². The van der Waals surface area contributed by atoms with Crippen molar-refractivity contribution in [1.82, 2.24) is 14.8 Å². The van der Waals surface area contributed by atoms with Gasteiger partial charge in [-0.2, -0.15) is 5.10 Å². The number of nitrogens with zero attached hydrogens (tertiary/aromatic N) is 4. The van der Waals surface area contributed by atoms with E-state index in [4.69, 9.17) is 14.5 Å². The molecule has 45 heavy (non-hydrogen) atoms. The molecule has 1 saturated heterocycles. The van der Waals surface area contributed by atoms with Crippen molar-refractivity contribution in [3.05, 3.63) is 94.3 Å². The van der Waals surface area contributed by atoms with Crippen LogP contribution in [0, 0.1) is 32.0 Å². The minimum Gasteiger partial charge on any atom is -0.493 e. The number of piperidine rings is 1. The fourth-order valence-corrected chi connectivity index (χ4v) is 5.93. The largest absolute Gasteiger partial charge is 0.493 e. The van der Waals surface area contributed by atoms with E-state index in [0.29, 0.717) is 18.7 Å². The number of hydrogen-bond acceptors (Lipinski definition) is 6. The lowest BCUT2D eigenvalue weighted by Crippen LogP contribution is -2.38. The number of rotatable bonds is 12. The van der Waals surface area contributed by atoms with Crippen LogP contribution in [0.5, 0.6) is 5.75 Å². The third-order valence-corrected chi connectivity index (χ3v) is 8.58. The Morgan fingerprint density at radius 3 is 2.33 bits per heavy atom. The zero-order chi connectivity index (χ0) is 32.1. The van der Waals surface area contributed by atoms with Gasteiger partial charge in [0.15, 0.2) is 0 Å². The van der Waals surface area contributed by atoms with E-state index >= 15 is 0 Å². The van der Waals surface area contributed by atoms with Gasteiger partial charge < -0.3 is 19.5 Å². The second kappa shape index (κ2) is 13.8. The van der Waals surface area contributed by atoms with Crippen molar-refractivity contribution in [3.8, 4) is 16.9 Å². The molecule has 0 spiro atoms. The maximum absolute atomic E-state index is 13.3. The van der Waals surface area contributed by atoms with Crippen molar-refractivity contribution in [1.29, 1.82) is 0 Å². The van der Waals surface area contributed by atoms with Crippen molar-refractivity contribution in [3.63, 3.8) is 0 Å². The number of carboxylic acids is 1. The molecule has 0 atom stereocenters. The average Bonchev–Trinajstić information content (AvgIpc) is 3.32. The van der Waals surface area contributed by atoms with Crippen LogP contribution >= 0.6 is 0 Å². The van der Waals surface area contributed by atoms with Crippen molar-refractivity contribution in [2.24, 2.45) is 5.41 Å². The van der Waals surface area contributed by atoms with Crippen molar-refractivity contribution in [2.45, 2.75) is 73.6 Å². The van der Waals surface area contributed by atoms with Gasteiger partial charge in [-0.15, -0.1) is 0 Å². The van der Waals surface area contributed by atoms with E-state index in [1.54, 1.807) is 12.1 Å². The zero-order valence-corrected chi connectivity index (χ0v) is 26.9. The molecule has 1 aliphatic heterocycles. The highest BCUT2D eigenvalue weighted by molar-refractivity contribution is 5.86. The van der Waals surface area contributed by atoms with Gasteiger partial charge in [-0.3, -0.25) is 9.78 Å². The van der Waals surface area contributed by atoms with Crippen LogP contribution < -0.4 is 9.64 Å². The maximum Gasteiger partial charge on any atom is 0.307 e. The van der Waals surface area contributed by atoms with Crippen LogP contribution in [0.4, 0.5) is 10.1 Å². The summed E-state index contributed by atoms with van der Waals surface area (Å²) in [5, 5.41) is 14.4. The minimum absolute atomic E-state index is 0.113. The molecule has 2 aromatic carbocycles. The maximum atomic E-state index is 13.3. The standard InChI is InChI=1S/C36H43FN4O4/c1-24-20-25(2)41(39-24)23-44-22-32-34(28-8-12-30(13-9-28)45-19-14-27-6-10-29(37)11-7-27)35(31(21-33(42)43)26(3)38-32)40-17-15-36(4,5)16-18-40/h6-13,20H,14-19,21-23H2,1-5H3,(H,42,43). The number of benzene rings is 2. The van der Waals surface area contributed by atoms with Crippen LogP contribution in [0.1, 0.15) is 60.6 Å². The Morgan fingerprint density at radius 1 is 1.02 bits per heavy atom. The Balaban J connectivity index is 1.48. The SMILES string of the molecule is Cc1cc(C)n(COCc2nc(C)c(CC(=O)O)c(N3CCC(C)(C)CC3)c2-c2ccc(OCCc3ccc(F)cc3)cc2)n1. The van der Waals surface area contributed by atoms with Gasteiger partial charge in [0.2, 0.25) is 0 Å². The highest BCUT2D eigenvalue weighted by atomic mass is 19.1. The average molecular weight is 615 g/mol. The molecule has 0 aliphatic carbocycles. The molecule has 3 heterocycles. The summed E-state index contributed by atoms with van der Waals surface area (Å²) in [6.07, 6.45) is 2.56. The lowest BCUT2D eigenvalue weighted by atomic mass is 9.82. The number of aliphatic carboxylic acids is 1. The summed E-state index contributed by atoms with van der Waals surface area (Å²) in [4.78, 5) is 19.4. The van der Waals surface area contributed by atoms with Crippen molar-refractivity contribution < 1.29 is 23.8 Å². The highest BCUT2D eigenvalue weighted by Gasteiger charge is 2.31. The number of hydrogen-bond donors (Lipinski definition) is 1. The molecule has 238 valence electrons. The molecule has 0 saturated carbocycles. The first-order valence-electron chi connectivity index (χ1n) is 15.5. The second-order valence-corrected chi connectivity index (χ2v) is 12.7. The lowest BCUT2D eigenvalue weighted by molar-refractivity contribution is -0.136. The molecule has 2 aromatic heterocycles. The summed E-state index contributed by atoms with van der Waals surface area (Å²) >= 11 is 0. The van der Waals surface area contributed by atoms with E-state index in [9.17, 15) is 14.3 Å². The van der Waals surface area contributed by atoms with E-state index in [-0.39, 0.29) is 31.0 Å². The minimum atomic E-state index is -0.886. The Labute approximate surface area is 264 Å². The van der Waals surface area contributed by atoms with Gasteiger partial charge in [0.1, 0.15) is 18.3 Å². The number of anilines is 1. The Hall–Kier alpha value is -4.24. The second-order valence-electron chi connectivity index (χ2n) is 12.7. The van der Waals surface area contributed by atoms with Crippen molar-refractivity contribution >= 4 is 11.7 Å². The Morgan fingerprint density at radius 2 is 1.71 bits per heavy atom. The molecule has 0 bridgehead atoms. The van der Waals surface area contributed by atoms with E-state index in [1.807, 2.05) is 55.8 Å². The molecular weight excluding hydrogens is 571 g/mol. The van der Waals surface area contributed by atoms with E-state index < -0.39 is 5.97 Å². The number of ether oxygens (including phenoxy) is 2. The van der Waals surface area contributed by atoms with Crippen LogP contribution in [0.25, 0.3) is 11.1 Å². The highest BCUT2D eigenvalue weighted by Crippen LogP contribution is 2.42. The fourth-order valence-electron chi connectivity index (χ4n) is 5.93. The summed E-state index contributed by atoms with van der Waals surface area (Å²) < 4.78 is 27.3. The molecule has 9 heteroatoms. The summed E-state index contributed by atoms with van der Waals surface area (Å²) in [6.45, 7) is 13.0. The normalized spacial score (nSPS) is 14.5. The topological polar surface area (TPSA) is 89.7 Å². The van der Waals surface area contributed by atoms with Crippen LogP contribution in [0.15, 0.2) is 54.6 Å². The van der Waals surface area contributed by atoms with Crippen molar-refractivity contribution in [2.75, 3.05) is 24.6 Å². The monoisotopic (exact) mass is 614 g/mol. The molecule has 4 aromatic rings. The number of halogens is 1. The van der Waals surface area contributed by atoms with Gasteiger partial charge in [-0.1, -0.05) is 38.1 Å². The predicted molar refractivity (Wildman–Crippen MR) is 173 cm³/mol. The zero-order valence-electron chi connectivity index (χ0n) is 26.9. The summed E-state index contributed by atoms with van der Waals surface area (Å²) in [6, 6.07) is 16.3. The third-order valence-electron chi connectivity index (χ3n) is 8.58. The van der Waals surface area contributed by atoms with Gasteiger partial charge >= 0.3 is 5.97 Å². The number of carboxylic acid groups (broad SMARTS) is 1. The first-order valence-corrected chi connectivity index (χ1v) is 15.5. The van der Waals surface area contributed by atoms with Crippen LogP contribution in [-0.4, -0.2) is 45.5 Å².